The maximum atomic E-state index is 12.3. The predicted octanol–water partition coefficient (Wildman–Crippen LogP) is 0.846. The number of hydrogen-bond donors (Lipinski definition) is 2. The molecule has 2 aromatic heterocycles. The molecular weight excluding hydrogens is 332 g/mol. The van der Waals surface area contributed by atoms with Gasteiger partial charge in [-0.25, -0.2) is 18.1 Å². The zero-order valence-corrected chi connectivity index (χ0v) is 15.2. The second-order valence-corrected chi connectivity index (χ2v) is 7.27. The van der Waals surface area contributed by atoms with Gasteiger partial charge >= 0.3 is 0 Å². The van der Waals surface area contributed by atoms with Crippen LogP contribution in [0, 0.1) is 20.8 Å². The van der Waals surface area contributed by atoms with Crippen LogP contribution in [0.15, 0.2) is 15.5 Å². The molecule has 10 heteroatoms. The van der Waals surface area contributed by atoms with Crippen LogP contribution in [0.3, 0.4) is 0 Å². The highest BCUT2D eigenvalue weighted by molar-refractivity contribution is 7.89. The molecule has 0 aliphatic carbocycles. The van der Waals surface area contributed by atoms with Crippen molar-refractivity contribution in [2.24, 2.45) is 0 Å². The summed E-state index contributed by atoms with van der Waals surface area (Å²) in [6, 6.07) is 1.87. The number of nitrogens with zero attached hydrogens (tertiary/aromatic N) is 4. The average Bonchev–Trinajstić information content (AvgIpc) is 2.83. The molecule has 0 bridgehead atoms. The van der Waals surface area contributed by atoms with E-state index in [1.807, 2.05) is 32.0 Å². The minimum atomic E-state index is -3.66. The number of hydrogen-bond acceptors (Lipinski definition) is 8. The van der Waals surface area contributed by atoms with E-state index in [4.69, 9.17) is 4.52 Å². The van der Waals surface area contributed by atoms with Gasteiger partial charge in [0.25, 0.3) is 0 Å². The van der Waals surface area contributed by atoms with Crippen molar-refractivity contribution in [1.29, 1.82) is 0 Å². The Hall–Kier alpha value is -2.20. The smallest absolute Gasteiger partial charge is 0.246 e. The second kappa shape index (κ2) is 7.14. The lowest BCUT2D eigenvalue weighted by molar-refractivity contribution is 0.390. The van der Waals surface area contributed by atoms with Crippen molar-refractivity contribution in [2.75, 3.05) is 37.4 Å². The molecule has 0 fully saturated rings. The monoisotopic (exact) mass is 354 g/mol. The molecule has 2 heterocycles. The molecule has 0 atom stereocenters. The minimum absolute atomic E-state index is 0.0872. The third kappa shape index (κ3) is 4.20. The molecule has 0 aliphatic heterocycles. The first-order valence-corrected chi connectivity index (χ1v) is 8.88. The van der Waals surface area contributed by atoms with Crippen LogP contribution in [0.5, 0.6) is 0 Å². The van der Waals surface area contributed by atoms with E-state index >= 15 is 0 Å². The highest BCUT2D eigenvalue weighted by Crippen LogP contribution is 2.18. The molecule has 9 nitrogen and oxygen atoms in total. The Bertz CT molecular complexity index is 796. The number of anilines is 2. The van der Waals surface area contributed by atoms with Crippen molar-refractivity contribution >= 4 is 21.8 Å². The quantitative estimate of drug-likeness (QED) is 0.704. The first-order valence-electron chi connectivity index (χ1n) is 7.40. The normalized spacial score (nSPS) is 11.5. The lowest BCUT2D eigenvalue weighted by Crippen LogP contribution is -2.30. The summed E-state index contributed by atoms with van der Waals surface area (Å²) in [4.78, 5) is 10.6. The van der Waals surface area contributed by atoms with Crippen LogP contribution in [-0.4, -0.2) is 50.7 Å². The van der Waals surface area contributed by atoms with E-state index in [-0.39, 0.29) is 17.2 Å². The van der Waals surface area contributed by atoms with Gasteiger partial charge in [0.1, 0.15) is 16.4 Å². The molecule has 0 aliphatic rings. The molecule has 2 rings (SSSR count). The Balaban J connectivity index is 1.96. The Morgan fingerprint density at radius 2 is 1.88 bits per heavy atom. The molecule has 2 N–H and O–H groups in total. The number of aryl methyl sites for hydroxylation is 3. The van der Waals surface area contributed by atoms with Crippen LogP contribution in [0.25, 0.3) is 0 Å². The Morgan fingerprint density at radius 3 is 2.46 bits per heavy atom. The summed E-state index contributed by atoms with van der Waals surface area (Å²) < 4.78 is 31.9. The van der Waals surface area contributed by atoms with E-state index in [1.54, 1.807) is 13.8 Å². The average molecular weight is 354 g/mol. The molecule has 0 unspecified atom stereocenters. The molecule has 132 valence electrons. The van der Waals surface area contributed by atoms with Gasteiger partial charge in [-0.05, 0) is 20.8 Å². The van der Waals surface area contributed by atoms with Gasteiger partial charge in [0.05, 0.1) is 0 Å². The maximum Gasteiger partial charge on any atom is 0.246 e. The molecule has 0 saturated carbocycles. The Labute approximate surface area is 141 Å². The van der Waals surface area contributed by atoms with Crippen LogP contribution in [0.4, 0.5) is 11.8 Å². The minimum Gasteiger partial charge on any atom is -0.363 e. The van der Waals surface area contributed by atoms with Gasteiger partial charge in [0.15, 0.2) is 5.76 Å². The number of sulfonamides is 1. The Kier molecular flexibility index (Phi) is 5.40. The van der Waals surface area contributed by atoms with Gasteiger partial charge in [0, 0.05) is 38.9 Å². The molecule has 2 aromatic rings. The van der Waals surface area contributed by atoms with E-state index < -0.39 is 10.0 Å². The molecule has 0 radical (unpaired) electrons. The standard InChI is InChI=1S/C14H22N6O3S/c1-9-8-12(20(4)5)18-14(17-9)15-6-7-16-24(21,22)13-10(2)19-23-11(13)3/h8,16H,6-7H2,1-5H3,(H,15,17,18). The lowest BCUT2D eigenvalue weighted by atomic mass is 10.4. The van der Waals surface area contributed by atoms with E-state index in [0.717, 1.165) is 11.5 Å². The van der Waals surface area contributed by atoms with E-state index in [2.05, 4.69) is 25.2 Å². The van der Waals surface area contributed by atoms with Crippen LogP contribution in [-0.2, 0) is 10.0 Å². The molecule has 24 heavy (non-hydrogen) atoms. The van der Waals surface area contributed by atoms with Crippen LogP contribution in [0.2, 0.25) is 0 Å². The first-order chi connectivity index (χ1) is 11.2. The first kappa shape index (κ1) is 18.1. The fraction of sp³-hybridized carbons (Fsp3) is 0.500. The largest absolute Gasteiger partial charge is 0.363 e. The number of nitrogens with one attached hydrogen (secondary N) is 2. The van der Waals surface area contributed by atoms with Crippen molar-refractivity contribution in [3.8, 4) is 0 Å². The molecular formula is C14H22N6O3S. The molecule has 0 amide bonds. The molecule has 0 aromatic carbocycles. The van der Waals surface area contributed by atoms with Crippen LogP contribution in [0.1, 0.15) is 17.1 Å². The third-order valence-electron chi connectivity index (χ3n) is 3.24. The molecule has 0 spiro atoms. The summed E-state index contributed by atoms with van der Waals surface area (Å²) in [5, 5.41) is 6.67. The van der Waals surface area contributed by atoms with E-state index in [0.29, 0.717) is 18.2 Å². The zero-order valence-electron chi connectivity index (χ0n) is 14.4. The summed E-state index contributed by atoms with van der Waals surface area (Å²) in [7, 11) is 0.127. The zero-order chi connectivity index (χ0) is 17.9. The SMILES string of the molecule is Cc1cc(N(C)C)nc(NCCNS(=O)(=O)c2c(C)noc2C)n1. The van der Waals surface area contributed by atoms with Crippen molar-refractivity contribution in [2.45, 2.75) is 25.7 Å². The summed E-state index contributed by atoms with van der Waals surface area (Å²) in [6.45, 7) is 5.56. The summed E-state index contributed by atoms with van der Waals surface area (Å²) in [6.07, 6.45) is 0. The molecule has 0 saturated heterocycles. The van der Waals surface area contributed by atoms with Crippen molar-refractivity contribution in [3.63, 3.8) is 0 Å². The van der Waals surface area contributed by atoms with E-state index in [1.165, 1.54) is 0 Å². The maximum absolute atomic E-state index is 12.3. The number of aromatic nitrogens is 3. The van der Waals surface area contributed by atoms with Gasteiger partial charge in [0.2, 0.25) is 16.0 Å². The van der Waals surface area contributed by atoms with E-state index in [9.17, 15) is 8.42 Å². The highest BCUT2D eigenvalue weighted by atomic mass is 32.2. The predicted molar refractivity (Wildman–Crippen MR) is 90.8 cm³/mol. The fourth-order valence-corrected chi connectivity index (χ4v) is 3.51. The fourth-order valence-electron chi connectivity index (χ4n) is 2.15. The van der Waals surface area contributed by atoms with Crippen LogP contribution >= 0.6 is 0 Å². The Morgan fingerprint density at radius 1 is 1.17 bits per heavy atom. The number of rotatable bonds is 7. The lowest BCUT2D eigenvalue weighted by Gasteiger charge is -2.14. The van der Waals surface area contributed by atoms with Gasteiger partial charge in [-0.1, -0.05) is 5.16 Å². The van der Waals surface area contributed by atoms with Crippen molar-refractivity contribution in [3.05, 3.63) is 23.2 Å². The van der Waals surface area contributed by atoms with Gasteiger partial charge in [-0.15, -0.1) is 0 Å². The highest BCUT2D eigenvalue weighted by Gasteiger charge is 2.23. The van der Waals surface area contributed by atoms with Crippen molar-refractivity contribution < 1.29 is 12.9 Å². The topological polar surface area (TPSA) is 113 Å². The van der Waals surface area contributed by atoms with Crippen molar-refractivity contribution in [1.82, 2.24) is 19.8 Å². The third-order valence-corrected chi connectivity index (χ3v) is 4.94. The van der Waals surface area contributed by atoms with Crippen LogP contribution < -0.4 is 14.9 Å². The summed E-state index contributed by atoms with van der Waals surface area (Å²) in [5.41, 5.74) is 1.16. The van der Waals surface area contributed by atoms with Gasteiger partial charge in [-0.2, -0.15) is 4.98 Å². The summed E-state index contributed by atoms with van der Waals surface area (Å²) >= 11 is 0. The second-order valence-electron chi connectivity index (χ2n) is 5.56. The summed E-state index contributed by atoms with van der Waals surface area (Å²) in [5.74, 6) is 1.50. The van der Waals surface area contributed by atoms with Gasteiger partial charge < -0.3 is 14.7 Å². The van der Waals surface area contributed by atoms with Gasteiger partial charge in [-0.3, -0.25) is 0 Å².